The van der Waals surface area contributed by atoms with Gasteiger partial charge in [-0.2, -0.15) is 0 Å². The SMILES string of the molecule is COc1cc(/C=C2/SC(=O)N(CC(=O)c3ccc(Cl)cc3)C2=O)ccc1OCc1ccccc1. The summed E-state index contributed by atoms with van der Waals surface area (Å²) in [6, 6.07) is 21.3. The Morgan fingerprint density at radius 3 is 2.44 bits per heavy atom. The zero-order valence-electron chi connectivity index (χ0n) is 18.2. The molecule has 3 aromatic rings. The van der Waals surface area contributed by atoms with E-state index in [9.17, 15) is 14.4 Å². The summed E-state index contributed by atoms with van der Waals surface area (Å²) in [5, 5.41) is 0.00547. The Hall–Kier alpha value is -3.55. The number of nitrogens with zero attached hydrogens (tertiary/aromatic N) is 1. The number of thioether (sulfide) groups is 1. The first-order valence-electron chi connectivity index (χ1n) is 10.3. The zero-order valence-corrected chi connectivity index (χ0v) is 19.8. The minimum absolute atomic E-state index is 0.230. The van der Waals surface area contributed by atoms with Gasteiger partial charge in [0.25, 0.3) is 11.1 Å². The number of ether oxygens (including phenoxy) is 2. The highest BCUT2D eigenvalue weighted by molar-refractivity contribution is 8.18. The molecule has 8 heteroatoms. The third-order valence-corrected chi connectivity index (χ3v) is 6.22. The molecule has 4 rings (SSSR count). The molecule has 0 bridgehead atoms. The normalized spacial score (nSPS) is 14.5. The Bertz CT molecular complexity index is 1260. The van der Waals surface area contributed by atoms with E-state index in [1.807, 2.05) is 30.3 Å². The second-order valence-corrected chi connectivity index (χ2v) is 8.81. The predicted octanol–water partition coefficient (Wildman–Crippen LogP) is 5.85. The lowest BCUT2D eigenvalue weighted by Crippen LogP contribution is -2.33. The molecule has 1 saturated heterocycles. The molecule has 2 amide bonds. The van der Waals surface area contributed by atoms with Gasteiger partial charge in [0.2, 0.25) is 0 Å². The minimum atomic E-state index is -0.513. The number of hydrogen-bond acceptors (Lipinski definition) is 6. The first kappa shape index (κ1) is 23.6. The molecule has 6 nitrogen and oxygen atoms in total. The van der Waals surface area contributed by atoms with Crippen LogP contribution in [0.5, 0.6) is 11.5 Å². The van der Waals surface area contributed by atoms with Gasteiger partial charge in [-0.25, -0.2) is 0 Å². The van der Waals surface area contributed by atoms with E-state index in [2.05, 4.69) is 0 Å². The van der Waals surface area contributed by atoms with Gasteiger partial charge in [0.1, 0.15) is 6.61 Å². The molecule has 0 spiro atoms. The van der Waals surface area contributed by atoms with E-state index in [1.54, 1.807) is 48.5 Å². The molecule has 0 atom stereocenters. The summed E-state index contributed by atoms with van der Waals surface area (Å²) < 4.78 is 11.3. The van der Waals surface area contributed by atoms with Crippen LogP contribution in [-0.4, -0.2) is 35.5 Å². The van der Waals surface area contributed by atoms with Gasteiger partial charge in [0.05, 0.1) is 18.6 Å². The molecule has 1 heterocycles. The Labute approximate surface area is 206 Å². The predicted molar refractivity (Wildman–Crippen MR) is 132 cm³/mol. The highest BCUT2D eigenvalue weighted by Crippen LogP contribution is 2.35. The summed E-state index contributed by atoms with van der Waals surface area (Å²) in [6.45, 7) is 0.0519. The Balaban J connectivity index is 1.46. The maximum Gasteiger partial charge on any atom is 0.293 e. The average molecular weight is 494 g/mol. The molecule has 0 aromatic heterocycles. The smallest absolute Gasteiger partial charge is 0.293 e. The van der Waals surface area contributed by atoms with Crippen molar-refractivity contribution in [3.63, 3.8) is 0 Å². The summed E-state index contributed by atoms with van der Waals surface area (Å²) in [4.78, 5) is 38.9. The van der Waals surface area contributed by atoms with Gasteiger partial charge in [-0.3, -0.25) is 19.3 Å². The molecular formula is C26H20ClNO5S. The number of amides is 2. The Morgan fingerprint density at radius 1 is 1.00 bits per heavy atom. The van der Waals surface area contributed by atoms with Crippen molar-refractivity contribution in [2.24, 2.45) is 0 Å². The summed E-state index contributed by atoms with van der Waals surface area (Å²) >= 11 is 6.64. The quantitative estimate of drug-likeness (QED) is 0.289. The molecule has 34 heavy (non-hydrogen) atoms. The van der Waals surface area contributed by atoms with Gasteiger partial charge >= 0.3 is 0 Å². The van der Waals surface area contributed by atoms with E-state index in [0.717, 1.165) is 22.2 Å². The van der Waals surface area contributed by atoms with E-state index in [4.69, 9.17) is 21.1 Å². The van der Waals surface area contributed by atoms with Crippen LogP contribution in [0.2, 0.25) is 5.02 Å². The third kappa shape index (κ3) is 5.50. The van der Waals surface area contributed by atoms with Gasteiger partial charge in [0.15, 0.2) is 17.3 Å². The largest absolute Gasteiger partial charge is 0.493 e. The molecule has 0 unspecified atom stereocenters. The fourth-order valence-corrected chi connectivity index (χ4v) is 4.25. The Kier molecular flexibility index (Phi) is 7.35. The average Bonchev–Trinajstić information content (AvgIpc) is 3.11. The molecule has 0 aliphatic carbocycles. The summed E-state index contributed by atoms with van der Waals surface area (Å²) in [5.41, 5.74) is 2.07. The second kappa shape index (κ2) is 10.6. The van der Waals surface area contributed by atoms with Gasteiger partial charge < -0.3 is 9.47 Å². The van der Waals surface area contributed by atoms with Crippen molar-refractivity contribution in [3.8, 4) is 11.5 Å². The maximum atomic E-state index is 12.8. The van der Waals surface area contributed by atoms with Crippen LogP contribution in [0.3, 0.4) is 0 Å². The van der Waals surface area contributed by atoms with Crippen LogP contribution >= 0.6 is 23.4 Å². The molecule has 1 aliphatic rings. The standard InChI is InChI=1S/C26H20ClNO5S/c1-32-23-13-18(7-12-22(23)33-16-17-5-3-2-4-6-17)14-24-25(30)28(26(31)34-24)15-21(29)19-8-10-20(27)11-9-19/h2-14H,15-16H2,1H3/b24-14+. The number of carbonyl (C=O) groups excluding carboxylic acids is 3. The van der Waals surface area contributed by atoms with Crippen molar-refractivity contribution in [1.29, 1.82) is 0 Å². The van der Waals surface area contributed by atoms with E-state index >= 15 is 0 Å². The minimum Gasteiger partial charge on any atom is -0.493 e. The number of ketones is 1. The number of halogens is 1. The first-order valence-corrected chi connectivity index (χ1v) is 11.5. The Morgan fingerprint density at radius 2 is 1.74 bits per heavy atom. The fourth-order valence-electron chi connectivity index (χ4n) is 3.29. The molecule has 1 fully saturated rings. The van der Waals surface area contributed by atoms with E-state index in [0.29, 0.717) is 34.3 Å². The number of methoxy groups -OCH3 is 1. The van der Waals surface area contributed by atoms with Crippen LogP contribution in [0, 0.1) is 0 Å². The maximum absolute atomic E-state index is 12.8. The van der Waals surface area contributed by atoms with Crippen LogP contribution in [0.1, 0.15) is 21.5 Å². The number of rotatable bonds is 8. The van der Waals surface area contributed by atoms with Crippen molar-refractivity contribution in [2.45, 2.75) is 6.61 Å². The molecule has 1 aliphatic heterocycles. The van der Waals surface area contributed by atoms with Crippen molar-refractivity contribution in [2.75, 3.05) is 13.7 Å². The van der Waals surface area contributed by atoms with Gasteiger partial charge in [-0.05, 0) is 65.4 Å². The summed E-state index contributed by atoms with van der Waals surface area (Å²) in [5.74, 6) is 0.203. The molecule has 0 saturated carbocycles. The van der Waals surface area contributed by atoms with Crippen molar-refractivity contribution < 1.29 is 23.9 Å². The molecule has 172 valence electrons. The summed E-state index contributed by atoms with van der Waals surface area (Å²) in [6.07, 6.45) is 1.60. The number of carbonyl (C=O) groups is 3. The molecule has 3 aromatic carbocycles. The van der Waals surface area contributed by atoms with E-state index in [-0.39, 0.29) is 17.2 Å². The summed E-state index contributed by atoms with van der Waals surface area (Å²) in [7, 11) is 1.53. The number of Topliss-reactive ketones (excluding diaryl/α,β-unsaturated/α-hetero) is 1. The monoisotopic (exact) mass is 493 g/mol. The number of imide groups is 1. The van der Waals surface area contributed by atoms with Gasteiger partial charge in [-0.1, -0.05) is 48.0 Å². The number of hydrogen-bond donors (Lipinski definition) is 0. The molecule has 0 radical (unpaired) electrons. The second-order valence-electron chi connectivity index (χ2n) is 7.38. The van der Waals surface area contributed by atoms with E-state index in [1.165, 1.54) is 7.11 Å². The number of benzene rings is 3. The third-order valence-electron chi connectivity index (χ3n) is 5.06. The van der Waals surface area contributed by atoms with E-state index < -0.39 is 11.1 Å². The van der Waals surface area contributed by atoms with Gasteiger partial charge in [-0.15, -0.1) is 0 Å². The molecular weight excluding hydrogens is 474 g/mol. The lowest BCUT2D eigenvalue weighted by atomic mass is 10.1. The van der Waals surface area contributed by atoms with Crippen molar-refractivity contribution in [1.82, 2.24) is 4.90 Å². The van der Waals surface area contributed by atoms with Crippen LogP contribution in [0.15, 0.2) is 77.7 Å². The van der Waals surface area contributed by atoms with Gasteiger partial charge in [0, 0.05) is 10.6 Å². The van der Waals surface area contributed by atoms with Crippen LogP contribution in [-0.2, 0) is 11.4 Å². The fraction of sp³-hybridized carbons (Fsp3) is 0.115. The zero-order chi connectivity index (χ0) is 24.1. The van der Waals surface area contributed by atoms with Crippen molar-refractivity contribution >= 4 is 46.4 Å². The molecule has 0 N–H and O–H groups in total. The van der Waals surface area contributed by atoms with Crippen LogP contribution < -0.4 is 9.47 Å². The van der Waals surface area contributed by atoms with Crippen molar-refractivity contribution in [3.05, 3.63) is 99.4 Å². The highest BCUT2D eigenvalue weighted by atomic mass is 35.5. The lowest BCUT2D eigenvalue weighted by molar-refractivity contribution is -0.122. The van der Waals surface area contributed by atoms with Crippen LogP contribution in [0.25, 0.3) is 6.08 Å². The first-order chi connectivity index (χ1) is 16.4. The highest BCUT2D eigenvalue weighted by Gasteiger charge is 2.36. The topological polar surface area (TPSA) is 72.9 Å². The van der Waals surface area contributed by atoms with Crippen LogP contribution in [0.4, 0.5) is 4.79 Å². The lowest BCUT2D eigenvalue weighted by Gasteiger charge is -2.12.